The monoisotopic (exact) mass is 264 g/mol. The quantitative estimate of drug-likeness (QED) is 0.903. The van der Waals surface area contributed by atoms with E-state index in [1.54, 1.807) is 0 Å². The van der Waals surface area contributed by atoms with Gasteiger partial charge in [0.2, 0.25) is 0 Å². The van der Waals surface area contributed by atoms with Gasteiger partial charge in [-0.3, -0.25) is 0 Å². The molecule has 1 heterocycles. The Kier molecular flexibility index (Phi) is 4.57. The lowest BCUT2D eigenvalue weighted by molar-refractivity contribution is 0.424. The van der Waals surface area contributed by atoms with Crippen LogP contribution in [0, 0.1) is 0 Å². The molecule has 0 radical (unpaired) electrons. The minimum absolute atomic E-state index is 0.171. The van der Waals surface area contributed by atoms with Gasteiger partial charge in [0.15, 0.2) is 0 Å². The van der Waals surface area contributed by atoms with Gasteiger partial charge in [-0.15, -0.1) is 0 Å². The van der Waals surface area contributed by atoms with Gasteiger partial charge in [-0.05, 0) is 32.4 Å². The lowest BCUT2D eigenvalue weighted by Gasteiger charge is -2.31. The summed E-state index contributed by atoms with van der Waals surface area (Å²) in [5.74, 6) is 2.50. The number of benzene rings is 1. The minimum atomic E-state index is 0.171. The van der Waals surface area contributed by atoms with Crippen molar-refractivity contribution in [3.63, 3.8) is 0 Å². The van der Waals surface area contributed by atoms with E-state index in [0.717, 1.165) is 6.54 Å². The number of rotatable bonds is 3. The van der Waals surface area contributed by atoms with Crippen molar-refractivity contribution in [1.82, 2.24) is 5.32 Å². The molecule has 0 aliphatic carbocycles. The molecule has 0 bridgehead atoms. The largest absolute Gasteiger partial charge is 0.370 e. The molecule has 1 aromatic rings. The molecular weight excluding hydrogens is 240 g/mol. The molecule has 0 unspecified atom stereocenters. The lowest BCUT2D eigenvalue weighted by atomic mass is 10.1. The Balaban J connectivity index is 2.09. The Labute approximate surface area is 115 Å². The first-order valence-corrected chi connectivity index (χ1v) is 7.87. The normalized spacial score (nSPS) is 16.9. The molecule has 0 saturated carbocycles. The number of para-hydroxylation sites is 1. The molecule has 1 saturated heterocycles. The Morgan fingerprint density at radius 2 is 1.83 bits per heavy atom. The predicted molar refractivity (Wildman–Crippen MR) is 82.6 cm³/mol. The molecule has 0 aromatic heterocycles. The average Bonchev–Trinajstić information content (AvgIpc) is 2.37. The van der Waals surface area contributed by atoms with Crippen LogP contribution < -0.4 is 10.2 Å². The Morgan fingerprint density at radius 1 is 1.17 bits per heavy atom. The highest BCUT2D eigenvalue weighted by molar-refractivity contribution is 7.99. The maximum absolute atomic E-state index is 3.59. The first-order valence-electron chi connectivity index (χ1n) is 6.72. The summed E-state index contributed by atoms with van der Waals surface area (Å²) in [5, 5.41) is 3.59. The Bertz CT molecular complexity index is 378. The molecule has 1 aliphatic rings. The second kappa shape index (κ2) is 5.98. The topological polar surface area (TPSA) is 15.3 Å². The van der Waals surface area contributed by atoms with Crippen LogP contribution in [0.5, 0.6) is 0 Å². The zero-order valence-electron chi connectivity index (χ0n) is 11.7. The predicted octanol–water partition coefficient (Wildman–Crippen LogP) is 3.13. The summed E-state index contributed by atoms with van der Waals surface area (Å²) in [6.45, 7) is 9.95. The van der Waals surface area contributed by atoms with Crippen LogP contribution in [0.15, 0.2) is 24.3 Å². The van der Waals surface area contributed by atoms with Crippen molar-refractivity contribution in [2.24, 2.45) is 0 Å². The van der Waals surface area contributed by atoms with E-state index in [1.165, 1.54) is 35.8 Å². The third kappa shape index (κ3) is 3.92. The maximum Gasteiger partial charge on any atom is 0.0412 e. The van der Waals surface area contributed by atoms with Gasteiger partial charge in [0.25, 0.3) is 0 Å². The van der Waals surface area contributed by atoms with Crippen LogP contribution in [-0.2, 0) is 6.54 Å². The number of thioether (sulfide) groups is 1. The van der Waals surface area contributed by atoms with E-state index >= 15 is 0 Å². The summed E-state index contributed by atoms with van der Waals surface area (Å²) in [6.07, 6.45) is 0. The van der Waals surface area contributed by atoms with Crippen molar-refractivity contribution in [2.45, 2.75) is 32.9 Å². The highest BCUT2D eigenvalue weighted by atomic mass is 32.2. The summed E-state index contributed by atoms with van der Waals surface area (Å²) in [7, 11) is 0. The zero-order valence-corrected chi connectivity index (χ0v) is 12.5. The molecule has 2 nitrogen and oxygen atoms in total. The fourth-order valence-electron chi connectivity index (χ4n) is 2.13. The van der Waals surface area contributed by atoms with Gasteiger partial charge < -0.3 is 10.2 Å². The molecule has 0 atom stereocenters. The molecule has 0 spiro atoms. The van der Waals surface area contributed by atoms with Crippen LogP contribution in [0.2, 0.25) is 0 Å². The molecule has 3 heteroatoms. The van der Waals surface area contributed by atoms with Crippen molar-refractivity contribution in [2.75, 3.05) is 29.5 Å². The van der Waals surface area contributed by atoms with Gasteiger partial charge in [0.1, 0.15) is 0 Å². The molecule has 0 amide bonds. The van der Waals surface area contributed by atoms with Gasteiger partial charge in [0.05, 0.1) is 0 Å². The summed E-state index contributed by atoms with van der Waals surface area (Å²) in [6, 6.07) is 8.80. The van der Waals surface area contributed by atoms with E-state index in [4.69, 9.17) is 0 Å². The van der Waals surface area contributed by atoms with Crippen LogP contribution in [-0.4, -0.2) is 30.1 Å². The van der Waals surface area contributed by atoms with Gasteiger partial charge in [-0.1, -0.05) is 18.2 Å². The fraction of sp³-hybridized carbons (Fsp3) is 0.600. The molecule has 1 aliphatic heterocycles. The maximum atomic E-state index is 3.59. The lowest BCUT2D eigenvalue weighted by Crippen LogP contribution is -2.37. The average molecular weight is 264 g/mol. The first kappa shape index (κ1) is 13.8. The van der Waals surface area contributed by atoms with Crippen LogP contribution in [0.3, 0.4) is 0 Å². The van der Waals surface area contributed by atoms with E-state index in [2.05, 4.69) is 67.0 Å². The van der Waals surface area contributed by atoms with E-state index in [-0.39, 0.29) is 5.54 Å². The number of nitrogens with one attached hydrogen (secondary N) is 1. The highest BCUT2D eigenvalue weighted by Gasteiger charge is 2.15. The van der Waals surface area contributed by atoms with E-state index in [0.29, 0.717) is 0 Å². The summed E-state index contributed by atoms with van der Waals surface area (Å²) in [5.41, 5.74) is 3.00. The second-order valence-corrected chi connectivity index (χ2v) is 7.06. The van der Waals surface area contributed by atoms with E-state index in [9.17, 15) is 0 Å². The Hall–Kier alpha value is -0.670. The highest BCUT2D eigenvalue weighted by Crippen LogP contribution is 2.24. The molecule has 2 rings (SSSR count). The van der Waals surface area contributed by atoms with Crippen LogP contribution in [0.4, 0.5) is 5.69 Å². The summed E-state index contributed by atoms with van der Waals surface area (Å²) < 4.78 is 0. The molecule has 1 N–H and O–H groups in total. The van der Waals surface area contributed by atoms with E-state index in [1.807, 2.05) is 0 Å². The van der Waals surface area contributed by atoms with Gasteiger partial charge >= 0.3 is 0 Å². The number of anilines is 1. The molecule has 1 aromatic carbocycles. The third-order valence-electron chi connectivity index (χ3n) is 3.15. The second-order valence-electron chi connectivity index (χ2n) is 5.83. The van der Waals surface area contributed by atoms with Crippen molar-refractivity contribution >= 4 is 17.4 Å². The van der Waals surface area contributed by atoms with Crippen LogP contribution in [0.25, 0.3) is 0 Å². The van der Waals surface area contributed by atoms with Crippen molar-refractivity contribution in [1.29, 1.82) is 0 Å². The molecular formula is C15H24N2S. The number of nitrogens with zero attached hydrogens (tertiary/aromatic N) is 1. The van der Waals surface area contributed by atoms with Crippen molar-refractivity contribution < 1.29 is 0 Å². The minimum Gasteiger partial charge on any atom is -0.370 e. The molecule has 1 fully saturated rings. The summed E-state index contributed by atoms with van der Waals surface area (Å²) in [4.78, 5) is 2.52. The standard InChI is InChI=1S/C15H24N2S/c1-15(2,3)16-12-13-6-4-5-7-14(13)17-8-10-18-11-9-17/h4-7,16H,8-12H2,1-3H3. The Morgan fingerprint density at radius 3 is 2.50 bits per heavy atom. The SMILES string of the molecule is CC(C)(C)NCc1ccccc1N1CCSCC1. The summed E-state index contributed by atoms with van der Waals surface area (Å²) >= 11 is 2.06. The zero-order chi connectivity index (χ0) is 13.0. The van der Waals surface area contributed by atoms with Crippen molar-refractivity contribution in [3.05, 3.63) is 29.8 Å². The fourth-order valence-corrected chi connectivity index (χ4v) is 3.04. The van der Waals surface area contributed by atoms with Crippen LogP contribution in [0.1, 0.15) is 26.3 Å². The van der Waals surface area contributed by atoms with Gasteiger partial charge in [-0.2, -0.15) is 11.8 Å². The van der Waals surface area contributed by atoms with E-state index < -0.39 is 0 Å². The van der Waals surface area contributed by atoms with Crippen molar-refractivity contribution in [3.8, 4) is 0 Å². The number of hydrogen-bond donors (Lipinski definition) is 1. The van der Waals surface area contributed by atoms with Gasteiger partial charge in [-0.25, -0.2) is 0 Å². The van der Waals surface area contributed by atoms with Crippen LogP contribution >= 0.6 is 11.8 Å². The smallest absolute Gasteiger partial charge is 0.0412 e. The first-order chi connectivity index (χ1) is 8.56. The molecule has 100 valence electrons. The van der Waals surface area contributed by atoms with Gasteiger partial charge in [0, 0.05) is 42.4 Å². The third-order valence-corrected chi connectivity index (χ3v) is 4.10. The molecule has 18 heavy (non-hydrogen) atoms. The number of hydrogen-bond acceptors (Lipinski definition) is 3.